The Balaban J connectivity index is 1.91. The minimum Gasteiger partial charge on any atom is -0.383 e. The molecule has 0 saturated carbocycles. The maximum Gasteiger partial charge on any atom is 0.0933 e. The Kier molecular flexibility index (Phi) is 5.27. The van der Waals surface area contributed by atoms with Gasteiger partial charge in [0.15, 0.2) is 0 Å². The molecule has 1 saturated heterocycles. The Morgan fingerprint density at radius 1 is 1.50 bits per heavy atom. The molecule has 12 heavy (non-hydrogen) atoms. The maximum absolute atomic E-state index is 5.43. The van der Waals surface area contributed by atoms with E-state index in [0.717, 1.165) is 32.9 Å². The molecule has 1 fully saturated rings. The van der Waals surface area contributed by atoms with Gasteiger partial charge in [0.05, 0.1) is 32.5 Å². The van der Waals surface area contributed by atoms with Crippen LogP contribution in [0.1, 0.15) is 0 Å². The highest BCUT2D eigenvalue weighted by molar-refractivity contribution is 4.63. The zero-order valence-corrected chi connectivity index (χ0v) is 7.54. The molecule has 1 unspecified atom stereocenters. The molecule has 0 aromatic rings. The lowest BCUT2D eigenvalue weighted by Crippen LogP contribution is -2.38. The molecule has 1 rings (SSSR count). The molecule has 4 heteroatoms. The summed E-state index contributed by atoms with van der Waals surface area (Å²) in [4.78, 5) is 0. The van der Waals surface area contributed by atoms with Gasteiger partial charge in [-0.3, -0.25) is 0 Å². The van der Waals surface area contributed by atoms with Crippen LogP contribution in [0, 0.1) is 0 Å². The van der Waals surface area contributed by atoms with Crippen LogP contribution in [0.25, 0.3) is 0 Å². The lowest BCUT2D eigenvalue weighted by atomic mass is 10.3. The molecule has 0 aromatic heterocycles. The average Bonchev–Trinajstić information content (AvgIpc) is 2.14. The van der Waals surface area contributed by atoms with Gasteiger partial charge < -0.3 is 19.5 Å². The first-order valence-corrected chi connectivity index (χ1v) is 4.32. The van der Waals surface area contributed by atoms with E-state index in [1.807, 2.05) is 0 Å². The van der Waals surface area contributed by atoms with Crippen molar-refractivity contribution in [3.8, 4) is 0 Å². The SMILES string of the molecule is COCCNCC1COCCO1. The first kappa shape index (κ1) is 9.92. The van der Waals surface area contributed by atoms with Crippen LogP contribution < -0.4 is 5.32 Å². The van der Waals surface area contributed by atoms with Crippen LogP contribution in [0.2, 0.25) is 0 Å². The van der Waals surface area contributed by atoms with Gasteiger partial charge in [-0.15, -0.1) is 0 Å². The predicted octanol–water partition coefficient (Wildman–Crippen LogP) is -0.362. The number of hydrogen-bond acceptors (Lipinski definition) is 4. The minimum absolute atomic E-state index is 0.218. The fourth-order valence-corrected chi connectivity index (χ4v) is 1.09. The van der Waals surface area contributed by atoms with Crippen LogP contribution in [0.15, 0.2) is 0 Å². The first-order valence-electron chi connectivity index (χ1n) is 4.32. The first-order chi connectivity index (χ1) is 5.93. The quantitative estimate of drug-likeness (QED) is 0.579. The van der Waals surface area contributed by atoms with Gasteiger partial charge in [-0.2, -0.15) is 0 Å². The van der Waals surface area contributed by atoms with E-state index in [1.54, 1.807) is 7.11 Å². The van der Waals surface area contributed by atoms with Gasteiger partial charge in [0, 0.05) is 20.2 Å². The Morgan fingerprint density at radius 3 is 3.08 bits per heavy atom. The second-order valence-corrected chi connectivity index (χ2v) is 2.76. The Bertz CT molecular complexity index is 104. The topological polar surface area (TPSA) is 39.7 Å². The van der Waals surface area contributed by atoms with E-state index in [1.165, 1.54) is 0 Å². The van der Waals surface area contributed by atoms with Crippen LogP contribution in [0.4, 0.5) is 0 Å². The highest BCUT2D eigenvalue weighted by Crippen LogP contribution is 1.98. The third kappa shape index (κ3) is 4.01. The third-order valence-electron chi connectivity index (χ3n) is 1.74. The maximum atomic E-state index is 5.43. The zero-order chi connectivity index (χ0) is 8.65. The molecular formula is C8H17NO3. The van der Waals surface area contributed by atoms with Gasteiger partial charge in [-0.1, -0.05) is 0 Å². The molecule has 1 heterocycles. The molecule has 0 spiro atoms. The van der Waals surface area contributed by atoms with Crippen molar-refractivity contribution in [2.24, 2.45) is 0 Å². The molecule has 0 bridgehead atoms. The summed E-state index contributed by atoms with van der Waals surface area (Å²) in [6.07, 6.45) is 0.218. The van der Waals surface area contributed by atoms with Crippen LogP contribution in [-0.2, 0) is 14.2 Å². The number of ether oxygens (including phenoxy) is 3. The van der Waals surface area contributed by atoms with Crippen molar-refractivity contribution < 1.29 is 14.2 Å². The van der Waals surface area contributed by atoms with Gasteiger partial charge in [-0.05, 0) is 0 Å². The summed E-state index contributed by atoms with van der Waals surface area (Å²) in [5.74, 6) is 0. The highest BCUT2D eigenvalue weighted by atomic mass is 16.6. The molecule has 1 aliphatic rings. The smallest absolute Gasteiger partial charge is 0.0933 e. The molecule has 0 radical (unpaired) electrons. The van der Waals surface area contributed by atoms with E-state index in [-0.39, 0.29) is 6.10 Å². The number of nitrogens with one attached hydrogen (secondary N) is 1. The molecule has 1 atom stereocenters. The van der Waals surface area contributed by atoms with Crippen molar-refractivity contribution in [1.29, 1.82) is 0 Å². The number of methoxy groups -OCH3 is 1. The molecule has 72 valence electrons. The molecule has 0 aromatic carbocycles. The van der Waals surface area contributed by atoms with Crippen LogP contribution in [0.3, 0.4) is 0 Å². The third-order valence-corrected chi connectivity index (χ3v) is 1.74. The molecular weight excluding hydrogens is 158 g/mol. The zero-order valence-electron chi connectivity index (χ0n) is 7.54. The van der Waals surface area contributed by atoms with Crippen molar-refractivity contribution in [2.45, 2.75) is 6.10 Å². The molecule has 0 amide bonds. The van der Waals surface area contributed by atoms with Crippen LogP contribution >= 0.6 is 0 Å². The van der Waals surface area contributed by atoms with Gasteiger partial charge in [0.1, 0.15) is 0 Å². The van der Waals surface area contributed by atoms with Gasteiger partial charge in [0.2, 0.25) is 0 Å². The normalized spacial score (nSPS) is 24.2. The summed E-state index contributed by atoms with van der Waals surface area (Å²) in [6, 6.07) is 0. The Hall–Kier alpha value is -0.160. The van der Waals surface area contributed by atoms with E-state index in [2.05, 4.69) is 5.32 Å². The van der Waals surface area contributed by atoms with Crippen molar-refractivity contribution >= 4 is 0 Å². The van der Waals surface area contributed by atoms with E-state index in [4.69, 9.17) is 14.2 Å². The Labute approximate surface area is 73.2 Å². The van der Waals surface area contributed by atoms with Crippen molar-refractivity contribution in [3.63, 3.8) is 0 Å². The van der Waals surface area contributed by atoms with Gasteiger partial charge in [-0.25, -0.2) is 0 Å². The van der Waals surface area contributed by atoms with Crippen LogP contribution in [0.5, 0.6) is 0 Å². The summed E-state index contributed by atoms with van der Waals surface area (Å²) in [5.41, 5.74) is 0. The minimum atomic E-state index is 0.218. The predicted molar refractivity (Wildman–Crippen MR) is 45.3 cm³/mol. The Morgan fingerprint density at radius 2 is 2.42 bits per heavy atom. The molecule has 0 aliphatic carbocycles. The van der Waals surface area contributed by atoms with Gasteiger partial charge in [0.25, 0.3) is 0 Å². The van der Waals surface area contributed by atoms with E-state index in [9.17, 15) is 0 Å². The van der Waals surface area contributed by atoms with Crippen molar-refractivity contribution in [2.75, 3.05) is 46.6 Å². The van der Waals surface area contributed by atoms with E-state index >= 15 is 0 Å². The lowest BCUT2D eigenvalue weighted by Gasteiger charge is -2.23. The summed E-state index contributed by atoms with van der Waals surface area (Å²) in [6.45, 7) is 4.62. The summed E-state index contributed by atoms with van der Waals surface area (Å²) in [5, 5.41) is 3.23. The van der Waals surface area contributed by atoms with E-state index < -0.39 is 0 Å². The fourth-order valence-electron chi connectivity index (χ4n) is 1.09. The molecule has 4 nitrogen and oxygen atoms in total. The lowest BCUT2D eigenvalue weighted by molar-refractivity contribution is -0.0865. The fraction of sp³-hybridized carbons (Fsp3) is 1.00. The highest BCUT2D eigenvalue weighted by Gasteiger charge is 2.12. The second-order valence-electron chi connectivity index (χ2n) is 2.76. The molecule has 1 aliphatic heterocycles. The van der Waals surface area contributed by atoms with Gasteiger partial charge >= 0.3 is 0 Å². The summed E-state index contributed by atoms with van der Waals surface area (Å²) in [7, 11) is 1.70. The average molecular weight is 175 g/mol. The standard InChI is InChI=1S/C8H17NO3/c1-10-3-2-9-6-8-7-11-4-5-12-8/h8-9H,2-7H2,1H3. The van der Waals surface area contributed by atoms with Crippen LogP contribution in [-0.4, -0.2) is 52.7 Å². The largest absolute Gasteiger partial charge is 0.383 e. The molecule has 1 N–H and O–H groups in total. The van der Waals surface area contributed by atoms with Crippen molar-refractivity contribution in [3.05, 3.63) is 0 Å². The monoisotopic (exact) mass is 175 g/mol. The number of rotatable bonds is 5. The second kappa shape index (κ2) is 6.37. The number of hydrogen-bond donors (Lipinski definition) is 1. The summed E-state index contributed by atoms with van der Waals surface area (Å²) < 4.78 is 15.6. The van der Waals surface area contributed by atoms with E-state index in [0.29, 0.717) is 6.61 Å². The summed E-state index contributed by atoms with van der Waals surface area (Å²) >= 11 is 0. The van der Waals surface area contributed by atoms with Crippen molar-refractivity contribution in [1.82, 2.24) is 5.32 Å².